The second kappa shape index (κ2) is 5.26. The molecule has 0 saturated carbocycles. The van der Waals surface area contributed by atoms with Crippen molar-refractivity contribution in [3.8, 4) is 0 Å². The Labute approximate surface area is 82.9 Å². The van der Waals surface area contributed by atoms with Gasteiger partial charge in [-0.05, 0) is 12.8 Å². The molecule has 0 unspecified atom stereocenters. The fourth-order valence-corrected chi connectivity index (χ4v) is 1.80. The number of nitrogens with zero attached hydrogens (tertiary/aromatic N) is 1. The molecule has 0 aromatic rings. The number of aliphatic hydroxyl groups excluding tert-OH is 1. The average molecular weight is 204 g/mol. The van der Waals surface area contributed by atoms with Gasteiger partial charge in [0.25, 0.3) is 0 Å². The summed E-state index contributed by atoms with van der Waals surface area (Å²) in [5.41, 5.74) is 5.23. The first kappa shape index (κ1) is 11.4. The van der Waals surface area contributed by atoms with Crippen molar-refractivity contribution in [2.75, 3.05) is 26.3 Å². The van der Waals surface area contributed by atoms with Crippen molar-refractivity contribution in [2.45, 2.75) is 18.9 Å². The number of alkyl halides is 1. The zero-order valence-electron chi connectivity index (χ0n) is 8.16. The molecule has 82 valence electrons. The van der Waals surface area contributed by atoms with Gasteiger partial charge in [0.15, 0.2) is 0 Å². The summed E-state index contributed by atoms with van der Waals surface area (Å²) in [6.45, 7) is 0.492. The van der Waals surface area contributed by atoms with Gasteiger partial charge < -0.3 is 15.7 Å². The predicted octanol–water partition coefficient (Wildman–Crippen LogP) is -0.486. The molecule has 3 N–H and O–H groups in total. The van der Waals surface area contributed by atoms with Crippen LogP contribution in [0.15, 0.2) is 0 Å². The molecule has 14 heavy (non-hydrogen) atoms. The molecule has 1 saturated heterocycles. The lowest BCUT2D eigenvalue weighted by molar-refractivity contribution is -0.133. The van der Waals surface area contributed by atoms with Crippen LogP contribution in [0.4, 0.5) is 4.39 Å². The Bertz CT molecular complexity index is 201. The summed E-state index contributed by atoms with van der Waals surface area (Å²) in [6.07, 6.45) is 0.360. The molecule has 1 rings (SSSR count). The largest absolute Gasteiger partial charge is 0.393 e. The third-order valence-electron chi connectivity index (χ3n) is 2.70. The summed E-state index contributed by atoms with van der Waals surface area (Å²) < 4.78 is 12.1. The first-order valence-electron chi connectivity index (χ1n) is 4.91. The fraction of sp³-hybridized carbons (Fsp3) is 0.889. The van der Waals surface area contributed by atoms with Crippen LogP contribution >= 0.6 is 0 Å². The first-order chi connectivity index (χ1) is 6.69. The molecular formula is C9H17FN2O2. The Morgan fingerprint density at radius 1 is 1.64 bits per heavy atom. The van der Waals surface area contributed by atoms with Gasteiger partial charge in [-0.3, -0.25) is 9.18 Å². The Kier molecular flexibility index (Phi) is 4.28. The molecule has 2 atom stereocenters. The van der Waals surface area contributed by atoms with Crippen LogP contribution < -0.4 is 5.73 Å². The van der Waals surface area contributed by atoms with Crippen LogP contribution in [-0.4, -0.2) is 48.3 Å². The van der Waals surface area contributed by atoms with E-state index in [9.17, 15) is 14.3 Å². The topological polar surface area (TPSA) is 66.6 Å². The van der Waals surface area contributed by atoms with E-state index < -0.39 is 12.8 Å². The molecule has 0 bridgehead atoms. The number of rotatable bonds is 3. The SMILES string of the molecule is NCC(=O)N1CC[C@H](O)[C@@H](CCF)C1. The zero-order valence-corrected chi connectivity index (χ0v) is 8.16. The number of carbonyl (C=O) groups excluding carboxylic acids is 1. The molecule has 0 spiro atoms. The maximum Gasteiger partial charge on any atom is 0.236 e. The van der Waals surface area contributed by atoms with Crippen LogP contribution in [0, 0.1) is 5.92 Å². The van der Waals surface area contributed by atoms with Gasteiger partial charge in [-0.2, -0.15) is 0 Å². The van der Waals surface area contributed by atoms with Crippen LogP contribution in [0.5, 0.6) is 0 Å². The van der Waals surface area contributed by atoms with Gasteiger partial charge in [0.2, 0.25) is 5.91 Å². The van der Waals surface area contributed by atoms with Crippen molar-refractivity contribution < 1.29 is 14.3 Å². The Balaban J connectivity index is 2.48. The summed E-state index contributed by atoms with van der Waals surface area (Å²) in [4.78, 5) is 12.9. The molecule has 4 nitrogen and oxygen atoms in total. The van der Waals surface area contributed by atoms with Crippen molar-refractivity contribution in [3.63, 3.8) is 0 Å². The van der Waals surface area contributed by atoms with Crippen LogP contribution in [0.3, 0.4) is 0 Å². The van der Waals surface area contributed by atoms with E-state index in [1.54, 1.807) is 4.90 Å². The summed E-state index contributed by atoms with van der Waals surface area (Å²) in [6, 6.07) is 0. The summed E-state index contributed by atoms with van der Waals surface area (Å²) in [5.74, 6) is -0.259. The molecule has 1 heterocycles. The van der Waals surface area contributed by atoms with E-state index in [-0.39, 0.29) is 18.4 Å². The van der Waals surface area contributed by atoms with Crippen molar-refractivity contribution >= 4 is 5.91 Å². The Morgan fingerprint density at radius 2 is 2.36 bits per heavy atom. The number of amides is 1. The number of nitrogens with two attached hydrogens (primary N) is 1. The first-order valence-corrected chi connectivity index (χ1v) is 4.91. The van der Waals surface area contributed by atoms with E-state index in [2.05, 4.69) is 0 Å². The number of piperidine rings is 1. The quantitative estimate of drug-likeness (QED) is 0.652. The smallest absolute Gasteiger partial charge is 0.236 e. The number of hydrogen-bond donors (Lipinski definition) is 2. The molecule has 5 heteroatoms. The van der Waals surface area contributed by atoms with Crippen molar-refractivity contribution in [1.82, 2.24) is 4.90 Å². The molecule has 1 amide bonds. The Hall–Kier alpha value is -0.680. The zero-order chi connectivity index (χ0) is 10.6. The van der Waals surface area contributed by atoms with Gasteiger partial charge in [-0.25, -0.2) is 0 Å². The molecule has 0 aromatic carbocycles. The van der Waals surface area contributed by atoms with Crippen LogP contribution in [-0.2, 0) is 4.79 Å². The van der Waals surface area contributed by atoms with Crippen molar-refractivity contribution in [1.29, 1.82) is 0 Å². The molecule has 0 aromatic heterocycles. The maximum absolute atomic E-state index is 12.1. The number of aliphatic hydroxyl groups is 1. The summed E-state index contributed by atoms with van der Waals surface area (Å²) in [7, 11) is 0. The number of likely N-dealkylation sites (tertiary alicyclic amines) is 1. The lowest BCUT2D eigenvalue weighted by Gasteiger charge is -2.35. The van der Waals surface area contributed by atoms with Gasteiger partial charge in [-0.15, -0.1) is 0 Å². The van der Waals surface area contributed by atoms with Crippen molar-refractivity contribution in [3.05, 3.63) is 0 Å². The van der Waals surface area contributed by atoms with Crippen LogP contribution in [0.2, 0.25) is 0 Å². The standard InChI is InChI=1S/C9H17FN2O2/c10-3-1-7-6-12(9(14)5-11)4-2-8(7)13/h7-8,13H,1-6,11H2/t7-,8-/m0/s1. The minimum Gasteiger partial charge on any atom is -0.393 e. The third-order valence-corrected chi connectivity index (χ3v) is 2.70. The number of halogens is 1. The highest BCUT2D eigenvalue weighted by Crippen LogP contribution is 2.20. The third kappa shape index (κ3) is 2.65. The highest BCUT2D eigenvalue weighted by Gasteiger charge is 2.29. The normalized spacial score (nSPS) is 27.8. The van der Waals surface area contributed by atoms with E-state index >= 15 is 0 Å². The van der Waals surface area contributed by atoms with Gasteiger partial charge in [-0.1, -0.05) is 0 Å². The molecule has 0 radical (unpaired) electrons. The van der Waals surface area contributed by atoms with Gasteiger partial charge in [0, 0.05) is 19.0 Å². The van der Waals surface area contributed by atoms with E-state index in [0.29, 0.717) is 25.9 Å². The highest BCUT2D eigenvalue weighted by atomic mass is 19.1. The number of carbonyl (C=O) groups is 1. The maximum atomic E-state index is 12.1. The highest BCUT2D eigenvalue weighted by molar-refractivity contribution is 5.78. The lowest BCUT2D eigenvalue weighted by atomic mass is 9.92. The fourth-order valence-electron chi connectivity index (χ4n) is 1.80. The van der Waals surface area contributed by atoms with E-state index in [0.717, 1.165) is 0 Å². The molecular weight excluding hydrogens is 187 g/mol. The predicted molar refractivity (Wildman–Crippen MR) is 50.3 cm³/mol. The van der Waals surface area contributed by atoms with Crippen LogP contribution in [0.25, 0.3) is 0 Å². The van der Waals surface area contributed by atoms with Gasteiger partial charge >= 0.3 is 0 Å². The van der Waals surface area contributed by atoms with Crippen molar-refractivity contribution in [2.24, 2.45) is 11.7 Å². The monoisotopic (exact) mass is 204 g/mol. The Morgan fingerprint density at radius 3 is 2.93 bits per heavy atom. The summed E-state index contributed by atoms with van der Waals surface area (Å²) >= 11 is 0. The average Bonchev–Trinajstić information content (AvgIpc) is 2.20. The lowest BCUT2D eigenvalue weighted by Crippen LogP contribution is -2.48. The van der Waals surface area contributed by atoms with E-state index in [4.69, 9.17) is 5.73 Å². The molecule has 0 aliphatic carbocycles. The van der Waals surface area contributed by atoms with Gasteiger partial charge in [0.05, 0.1) is 19.3 Å². The number of hydrogen-bond acceptors (Lipinski definition) is 3. The van der Waals surface area contributed by atoms with Crippen LogP contribution in [0.1, 0.15) is 12.8 Å². The second-order valence-electron chi connectivity index (χ2n) is 3.64. The van der Waals surface area contributed by atoms with E-state index in [1.807, 2.05) is 0 Å². The summed E-state index contributed by atoms with van der Waals surface area (Å²) in [5, 5.41) is 9.54. The second-order valence-corrected chi connectivity index (χ2v) is 3.64. The molecule has 1 aliphatic rings. The molecule has 1 aliphatic heterocycles. The minimum absolute atomic E-state index is 0.0154. The van der Waals surface area contributed by atoms with Gasteiger partial charge in [0.1, 0.15) is 0 Å². The minimum atomic E-state index is -0.479. The molecule has 1 fully saturated rings. The van der Waals surface area contributed by atoms with E-state index in [1.165, 1.54) is 0 Å².